The zero-order valence-corrected chi connectivity index (χ0v) is 13.1. The van der Waals surface area contributed by atoms with E-state index in [4.69, 9.17) is 11.6 Å². The number of hydrogen-bond donors (Lipinski definition) is 0. The molecule has 0 radical (unpaired) electrons. The van der Waals surface area contributed by atoms with Crippen LogP contribution in [0.15, 0.2) is 40.9 Å². The maximum absolute atomic E-state index is 6.14. The van der Waals surface area contributed by atoms with Crippen LogP contribution in [-0.2, 0) is 0 Å². The first kappa shape index (κ1) is 11.5. The van der Waals surface area contributed by atoms with Crippen molar-refractivity contribution in [3.05, 3.63) is 45.9 Å². The van der Waals surface area contributed by atoms with Gasteiger partial charge in [-0.05, 0) is 45.8 Å². The fraction of sp³-hybridized carbons (Fsp3) is 0.143. The van der Waals surface area contributed by atoms with E-state index in [1.165, 1.54) is 21.5 Å². The lowest BCUT2D eigenvalue weighted by molar-refractivity contribution is 1.67. The average Bonchev–Trinajstić information content (AvgIpc) is 2.49. The molecule has 0 unspecified atom stereocenters. The molecule has 0 saturated carbocycles. The summed E-state index contributed by atoms with van der Waals surface area (Å²) in [5, 5.41) is 3.80. The third kappa shape index (κ3) is 1.62. The van der Waals surface area contributed by atoms with Crippen molar-refractivity contribution in [2.45, 2.75) is 13.1 Å². The molecule has 0 amide bonds. The second-order valence-corrected chi connectivity index (χ2v) is 10.7. The minimum Gasteiger partial charge on any atom is -0.0843 e. The normalized spacial score (nSPS) is 15.5. The van der Waals surface area contributed by atoms with E-state index < -0.39 is 8.07 Å². The van der Waals surface area contributed by atoms with Gasteiger partial charge in [-0.15, -0.1) is 0 Å². The quantitative estimate of drug-likeness (QED) is 0.645. The van der Waals surface area contributed by atoms with E-state index in [0.29, 0.717) is 0 Å². The van der Waals surface area contributed by atoms with Crippen LogP contribution in [0.25, 0.3) is 11.1 Å². The van der Waals surface area contributed by atoms with Crippen LogP contribution in [0.5, 0.6) is 0 Å². The molecule has 86 valence electrons. The Labute approximate surface area is 116 Å². The molecule has 17 heavy (non-hydrogen) atoms. The zero-order chi connectivity index (χ0) is 12.2. The lowest BCUT2D eigenvalue weighted by Gasteiger charge is -2.18. The van der Waals surface area contributed by atoms with Crippen LogP contribution >= 0.6 is 27.5 Å². The van der Waals surface area contributed by atoms with Crippen LogP contribution in [0, 0.1) is 0 Å². The predicted molar refractivity (Wildman–Crippen MR) is 81.3 cm³/mol. The second-order valence-electron chi connectivity index (χ2n) is 5.00. The predicted octanol–water partition coefficient (Wildman–Crippen LogP) is 3.91. The van der Waals surface area contributed by atoms with Crippen molar-refractivity contribution >= 4 is 46.0 Å². The molecule has 1 aliphatic rings. The number of halogens is 2. The van der Waals surface area contributed by atoms with Gasteiger partial charge in [0.15, 0.2) is 0 Å². The van der Waals surface area contributed by atoms with Crippen molar-refractivity contribution < 1.29 is 0 Å². The van der Waals surface area contributed by atoms with Crippen molar-refractivity contribution in [2.75, 3.05) is 0 Å². The van der Waals surface area contributed by atoms with Crippen LogP contribution in [0.1, 0.15) is 0 Å². The summed E-state index contributed by atoms with van der Waals surface area (Å²) in [6.45, 7) is 4.78. The van der Waals surface area contributed by atoms with Crippen molar-refractivity contribution in [3.8, 4) is 11.1 Å². The van der Waals surface area contributed by atoms with E-state index in [0.717, 1.165) is 9.50 Å². The van der Waals surface area contributed by atoms with Gasteiger partial charge >= 0.3 is 0 Å². The van der Waals surface area contributed by atoms with Crippen LogP contribution in [0.3, 0.4) is 0 Å². The van der Waals surface area contributed by atoms with Gasteiger partial charge in [-0.3, -0.25) is 0 Å². The summed E-state index contributed by atoms with van der Waals surface area (Å²) in [5.41, 5.74) is 2.75. The third-order valence-corrected chi connectivity index (χ3v) is 7.85. The van der Waals surface area contributed by atoms with E-state index in [1.807, 2.05) is 6.07 Å². The lowest BCUT2D eigenvalue weighted by Crippen LogP contribution is -2.49. The summed E-state index contributed by atoms with van der Waals surface area (Å²) in [7, 11) is -1.56. The van der Waals surface area contributed by atoms with Crippen molar-refractivity contribution in [1.82, 2.24) is 0 Å². The van der Waals surface area contributed by atoms with Gasteiger partial charge in [-0.25, -0.2) is 0 Å². The summed E-state index contributed by atoms with van der Waals surface area (Å²) < 4.78 is 1.16. The Morgan fingerprint density at radius 1 is 0.941 bits per heavy atom. The standard InChI is InChI=1S/C14H12BrClSi/c1-17(2)13-7-9(15)3-5-11(13)12-6-4-10(16)8-14(12)17/h3-8H,1-2H3. The molecule has 0 bridgehead atoms. The molecule has 1 aliphatic heterocycles. The summed E-state index contributed by atoms with van der Waals surface area (Å²) in [6.07, 6.45) is 0. The SMILES string of the molecule is C[Si]1(C)c2cc(Cl)ccc2-c2ccc(Br)cc21. The Balaban J connectivity index is 2.37. The van der Waals surface area contributed by atoms with Crippen LogP contribution in [0.4, 0.5) is 0 Å². The molecule has 0 spiro atoms. The Hall–Kier alpha value is -0.573. The number of benzene rings is 2. The first-order chi connectivity index (χ1) is 8.00. The monoisotopic (exact) mass is 322 g/mol. The molecule has 0 aromatic heterocycles. The number of hydrogen-bond acceptors (Lipinski definition) is 0. The maximum Gasteiger partial charge on any atom is 0.113 e. The maximum atomic E-state index is 6.14. The Kier molecular flexibility index (Phi) is 2.51. The largest absolute Gasteiger partial charge is 0.113 e. The molecule has 0 N–H and O–H groups in total. The summed E-state index contributed by atoms with van der Waals surface area (Å²) in [6, 6.07) is 12.9. The third-order valence-electron chi connectivity index (χ3n) is 3.60. The van der Waals surface area contributed by atoms with E-state index in [9.17, 15) is 0 Å². The van der Waals surface area contributed by atoms with Crippen molar-refractivity contribution in [1.29, 1.82) is 0 Å². The van der Waals surface area contributed by atoms with Gasteiger partial charge in [0, 0.05) is 9.50 Å². The van der Waals surface area contributed by atoms with Crippen LogP contribution in [-0.4, -0.2) is 8.07 Å². The van der Waals surface area contributed by atoms with Gasteiger partial charge < -0.3 is 0 Å². The first-order valence-corrected chi connectivity index (χ1v) is 9.77. The molecule has 0 nitrogen and oxygen atoms in total. The molecular weight excluding hydrogens is 312 g/mol. The fourth-order valence-electron chi connectivity index (χ4n) is 2.68. The molecule has 0 aliphatic carbocycles. The van der Waals surface area contributed by atoms with Crippen LogP contribution < -0.4 is 10.4 Å². The molecule has 3 heteroatoms. The molecule has 1 heterocycles. The van der Waals surface area contributed by atoms with Gasteiger partial charge in [0.1, 0.15) is 8.07 Å². The van der Waals surface area contributed by atoms with Gasteiger partial charge in [-0.2, -0.15) is 0 Å². The van der Waals surface area contributed by atoms with Gasteiger partial charge in [0.05, 0.1) is 0 Å². The smallest absolute Gasteiger partial charge is 0.0843 e. The topological polar surface area (TPSA) is 0 Å². The molecule has 3 rings (SSSR count). The van der Waals surface area contributed by atoms with E-state index in [1.54, 1.807) is 0 Å². The van der Waals surface area contributed by atoms with Crippen LogP contribution in [0.2, 0.25) is 18.1 Å². The minimum atomic E-state index is -1.56. The van der Waals surface area contributed by atoms with Crippen molar-refractivity contribution in [2.24, 2.45) is 0 Å². The molecular formula is C14H12BrClSi. The Morgan fingerprint density at radius 2 is 1.53 bits per heavy atom. The van der Waals surface area contributed by atoms with Gasteiger partial charge in [-0.1, -0.05) is 52.8 Å². The first-order valence-electron chi connectivity index (χ1n) is 5.60. The molecule has 0 fully saturated rings. The van der Waals surface area contributed by atoms with E-state index >= 15 is 0 Å². The summed E-state index contributed by atoms with van der Waals surface area (Å²) in [5.74, 6) is 0. The summed E-state index contributed by atoms with van der Waals surface area (Å²) in [4.78, 5) is 0. The molecule has 0 atom stereocenters. The lowest BCUT2D eigenvalue weighted by atomic mass is 10.1. The number of fused-ring (bicyclic) bond motifs is 3. The molecule has 0 saturated heterocycles. The highest BCUT2D eigenvalue weighted by molar-refractivity contribution is 9.10. The fourth-order valence-corrected chi connectivity index (χ4v) is 6.62. The minimum absolute atomic E-state index is 0.844. The molecule has 2 aromatic rings. The Bertz CT molecular complexity index is 566. The van der Waals surface area contributed by atoms with Crippen molar-refractivity contribution in [3.63, 3.8) is 0 Å². The number of rotatable bonds is 0. The zero-order valence-electron chi connectivity index (χ0n) is 9.72. The second kappa shape index (κ2) is 3.71. The highest BCUT2D eigenvalue weighted by Crippen LogP contribution is 2.30. The highest BCUT2D eigenvalue weighted by atomic mass is 79.9. The molecule has 2 aromatic carbocycles. The van der Waals surface area contributed by atoms with E-state index in [-0.39, 0.29) is 0 Å². The van der Waals surface area contributed by atoms with Gasteiger partial charge in [0.25, 0.3) is 0 Å². The highest BCUT2D eigenvalue weighted by Gasteiger charge is 2.37. The van der Waals surface area contributed by atoms with Gasteiger partial charge in [0.2, 0.25) is 0 Å². The average molecular weight is 324 g/mol. The van der Waals surface area contributed by atoms with E-state index in [2.05, 4.69) is 59.4 Å². The Morgan fingerprint density at radius 3 is 2.24 bits per heavy atom. The summed E-state index contributed by atoms with van der Waals surface area (Å²) >= 11 is 9.71.